The predicted octanol–water partition coefficient (Wildman–Crippen LogP) is 0.878. The summed E-state index contributed by atoms with van der Waals surface area (Å²) in [4.78, 5) is 20.1. The molecule has 0 aliphatic carbocycles. The molecule has 0 saturated heterocycles. The van der Waals surface area contributed by atoms with Gasteiger partial charge in [0, 0.05) is 10.3 Å². The van der Waals surface area contributed by atoms with Gasteiger partial charge in [0.25, 0.3) is 6.54 Å². The molecule has 4 heteroatoms. The zero-order valence-corrected chi connectivity index (χ0v) is 6.38. The van der Waals surface area contributed by atoms with Crippen molar-refractivity contribution in [2.24, 2.45) is 5.41 Å². The number of nitro groups is 1. The number of hydrogen-bond acceptors (Lipinski definition) is 3. The van der Waals surface area contributed by atoms with E-state index in [-0.39, 0.29) is 5.78 Å². The minimum Gasteiger partial charge on any atom is -0.292 e. The smallest absolute Gasteiger partial charge is 0.261 e. The summed E-state index contributed by atoms with van der Waals surface area (Å²) in [5, 5.41) is 9.84. The van der Waals surface area contributed by atoms with Gasteiger partial charge in [0.1, 0.15) is 0 Å². The van der Waals surface area contributed by atoms with E-state index in [1.165, 1.54) is 0 Å². The molecule has 0 rings (SSSR count). The lowest BCUT2D eigenvalue weighted by Crippen LogP contribution is -2.27. The Hall–Kier alpha value is -0.930. The molecule has 4 nitrogen and oxygen atoms in total. The van der Waals surface area contributed by atoms with E-state index >= 15 is 0 Å². The molecular formula is C6H11NO3. The van der Waals surface area contributed by atoms with Gasteiger partial charge >= 0.3 is 0 Å². The van der Waals surface area contributed by atoms with Crippen molar-refractivity contribution in [2.75, 3.05) is 6.54 Å². The molecule has 0 spiro atoms. The molecule has 0 bridgehead atoms. The van der Waals surface area contributed by atoms with Gasteiger partial charge in [-0.3, -0.25) is 14.9 Å². The first kappa shape index (κ1) is 9.07. The Morgan fingerprint density at radius 1 is 1.50 bits per heavy atom. The molecule has 0 aliphatic rings. The van der Waals surface area contributed by atoms with E-state index in [2.05, 4.69) is 0 Å². The molecule has 0 radical (unpaired) electrons. The van der Waals surface area contributed by atoms with Crippen molar-refractivity contribution in [3.63, 3.8) is 0 Å². The number of carbonyl (C=O) groups excluding carboxylic acids is 1. The minimum atomic E-state index is -0.604. The number of ketones is 1. The fourth-order valence-electron chi connectivity index (χ4n) is 0.354. The molecule has 0 aromatic carbocycles. The Labute approximate surface area is 59.4 Å². The highest BCUT2D eigenvalue weighted by Gasteiger charge is 2.25. The average Bonchev–Trinajstić information content (AvgIpc) is 1.60. The van der Waals surface area contributed by atoms with Crippen LogP contribution < -0.4 is 0 Å². The van der Waals surface area contributed by atoms with E-state index in [9.17, 15) is 14.9 Å². The van der Waals surface area contributed by atoms with E-state index < -0.39 is 16.9 Å². The molecule has 10 heavy (non-hydrogen) atoms. The largest absolute Gasteiger partial charge is 0.292 e. The Kier molecular flexibility index (Phi) is 2.51. The lowest BCUT2D eigenvalue weighted by Gasteiger charge is -2.12. The maximum Gasteiger partial charge on any atom is 0.261 e. The van der Waals surface area contributed by atoms with Crippen molar-refractivity contribution in [1.29, 1.82) is 0 Å². The fraction of sp³-hybridized carbons (Fsp3) is 0.833. The predicted molar refractivity (Wildman–Crippen MR) is 36.3 cm³/mol. The molecule has 0 heterocycles. The minimum absolute atomic E-state index is 0.336. The third-order valence-electron chi connectivity index (χ3n) is 1.11. The topological polar surface area (TPSA) is 60.2 Å². The first-order chi connectivity index (χ1) is 4.34. The van der Waals surface area contributed by atoms with Gasteiger partial charge in [-0.05, 0) is 0 Å². The number of Topliss-reactive ketones (excluding diaryl/α,β-unsaturated/α-hetero) is 1. The summed E-state index contributed by atoms with van der Waals surface area (Å²) in [6, 6.07) is 0. The van der Waals surface area contributed by atoms with Crippen LogP contribution >= 0.6 is 0 Å². The molecule has 0 amide bonds. The maximum atomic E-state index is 10.8. The van der Waals surface area contributed by atoms with Crippen LogP contribution in [0.25, 0.3) is 0 Å². The second-order valence-electron chi connectivity index (χ2n) is 3.16. The molecular weight excluding hydrogens is 134 g/mol. The second-order valence-corrected chi connectivity index (χ2v) is 3.16. The molecule has 0 atom stereocenters. The van der Waals surface area contributed by atoms with Gasteiger partial charge in [-0.15, -0.1) is 0 Å². The van der Waals surface area contributed by atoms with Crippen molar-refractivity contribution in [3.8, 4) is 0 Å². The average molecular weight is 145 g/mol. The summed E-state index contributed by atoms with van der Waals surface area (Å²) >= 11 is 0. The molecule has 0 fully saturated rings. The van der Waals surface area contributed by atoms with Crippen LogP contribution in [0.5, 0.6) is 0 Å². The van der Waals surface area contributed by atoms with E-state index in [1.807, 2.05) is 0 Å². The number of hydrogen-bond donors (Lipinski definition) is 0. The van der Waals surface area contributed by atoms with Crippen LogP contribution in [-0.4, -0.2) is 17.3 Å². The molecule has 0 aromatic rings. The zero-order chi connectivity index (χ0) is 8.36. The summed E-state index contributed by atoms with van der Waals surface area (Å²) in [6.07, 6.45) is 0. The maximum absolute atomic E-state index is 10.8. The van der Waals surface area contributed by atoms with Gasteiger partial charge in [-0.2, -0.15) is 0 Å². The molecule has 58 valence electrons. The highest BCUT2D eigenvalue weighted by molar-refractivity contribution is 5.84. The Balaban J connectivity index is 3.99. The molecule has 0 aliphatic heterocycles. The fourth-order valence-corrected chi connectivity index (χ4v) is 0.354. The van der Waals surface area contributed by atoms with E-state index in [4.69, 9.17) is 0 Å². The summed E-state index contributed by atoms with van der Waals surface area (Å²) in [5.41, 5.74) is -0.590. The SMILES string of the molecule is CC(C)(C)C(=O)C[N+](=O)[O-]. The normalized spacial score (nSPS) is 11.1. The highest BCUT2D eigenvalue weighted by atomic mass is 16.6. The Bertz CT molecular complexity index is 157. The summed E-state index contributed by atoms with van der Waals surface area (Å²) < 4.78 is 0. The first-order valence-corrected chi connectivity index (χ1v) is 2.99. The van der Waals surface area contributed by atoms with E-state index in [0.29, 0.717) is 0 Å². The summed E-state index contributed by atoms with van der Waals surface area (Å²) in [5.74, 6) is -0.336. The van der Waals surface area contributed by atoms with Gasteiger partial charge in [-0.25, -0.2) is 0 Å². The molecule has 0 unspecified atom stereocenters. The number of nitrogens with zero attached hydrogens (tertiary/aromatic N) is 1. The van der Waals surface area contributed by atoms with E-state index in [1.54, 1.807) is 20.8 Å². The van der Waals surface area contributed by atoms with Gasteiger partial charge in [-0.1, -0.05) is 20.8 Å². The van der Waals surface area contributed by atoms with Gasteiger partial charge < -0.3 is 0 Å². The third-order valence-corrected chi connectivity index (χ3v) is 1.11. The number of carbonyl (C=O) groups is 1. The van der Waals surface area contributed by atoms with Gasteiger partial charge in [0.05, 0.1) is 0 Å². The molecule has 0 aromatic heterocycles. The quantitative estimate of drug-likeness (QED) is 0.428. The standard InChI is InChI=1S/C6H11NO3/c1-6(2,3)5(8)4-7(9)10/h4H2,1-3H3. The summed E-state index contributed by atoms with van der Waals surface area (Å²) in [7, 11) is 0. The van der Waals surface area contributed by atoms with Crippen LogP contribution in [-0.2, 0) is 4.79 Å². The Morgan fingerprint density at radius 3 is 2.00 bits per heavy atom. The monoisotopic (exact) mass is 145 g/mol. The van der Waals surface area contributed by atoms with Crippen LogP contribution in [0.4, 0.5) is 0 Å². The zero-order valence-electron chi connectivity index (χ0n) is 6.38. The van der Waals surface area contributed by atoms with Crippen LogP contribution in [0.15, 0.2) is 0 Å². The van der Waals surface area contributed by atoms with Crippen molar-refractivity contribution in [1.82, 2.24) is 0 Å². The molecule has 0 N–H and O–H groups in total. The van der Waals surface area contributed by atoms with E-state index in [0.717, 1.165) is 0 Å². The Morgan fingerprint density at radius 2 is 1.90 bits per heavy atom. The van der Waals surface area contributed by atoms with Crippen molar-refractivity contribution in [2.45, 2.75) is 20.8 Å². The third kappa shape index (κ3) is 3.17. The van der Waals surface area contributed by atoms with Crippen molar-refractivity contribution < 1.29 is 9.72 Å². The van der Waals surface area contributed by atoms with Crippen LogP contribution in [0.1, 0.15) is 20.8 Å². The van der Waals surface area contributed by atoms with Gasteiger partial charge in [0.2, 0.25) is 5.78 Å². The van der Waals surface area contributed by atoms with Crippen LogP contribution in [0, 0.1) is 15.5 Å². The van der Waals surface area contributed by atoms with Crippen molar-refractivity contribution in [3.05, 3.63) is 10.1 Å². The highest BCUT2D eigenvalue weighted by Crippen LogP contribution is 2.13. The number of rotatable bonds is 2. The lowest BCUT2D eigenvalue weighted by molar-refractivity contribution is -0.468. The first-order valence-electron chi connectivity index (χ1n) is 2.99. The lowest BCUT2D eigenvalue weighted by atomic mass is 9.91. The van der Waals surface area contributed by atoms with Crippen LogP contribution in [0.2, 0.25) is 0 Å². The van der Waals surface area contributed by atoms with Crippen LogP contribution in [0.3, 0.4) is 0 Å². The molecule has 0 saturated carbocycles. The van der Waals surface area contributed by atoms with Gasteiger partial charge in [0.15, 0.2) is 0 Å². The second kappa shape index (κ2) is 2.77. The van der Waals surface area contributed by atoms with Crippen molar-refractivity contribution >= 4 is 5.78 Å². The summed E-state index contributed by atoms with van der Waals surface area (Å²) in [6.45, 7) is 4.43.